The van der Waals surface area contributed by atoms with E-state index in [0.29, 0.717) is 16.0 Å². The van der Waals surface area contributed by atoms with Crippen LogP contribution in [0.1, 0.15) is 0 Å². The number of hydrogen-bond acceptors (Lipinski definition) is 5. The van der Waals surface area contributed by atoms with E-state index in [1.165, 1.54) is 0 Å². The number of nitrogens with two attached hydrogens (primary N) is 2. The van der Waals surface area contributed by atoms with Gasteiger partial charge in [0.25, 0.3) is 0 Å². The first-order chi connectivity index (χ1) is 7.72. The molecule has 6 heteroatoms. The van der Waals surface area contributed by atoms with Crippen LogP contribution in [0.4, 0.5) is 11.8 Å². The molecular weight excluding hydrogens is 270 g/mol. The van der Waals surface area contributed by atoms with Gasteiger partial charge in [0, 0.05) is 5.56 Å². The quantitative estimate of drug-likeness (QED) is 0.576. The average Bonchev–Trinajstić information content (AvgIpc) is 2.33. The Balaban J connectivity index is 2.61. The van der Waals surface area contributed by atoms with Crippen LogP contribution in [0.2, 0.25) is 0 Å². The van der Waals surface area contributed by atoms with E-state index in [4.69, 9.17) is 11.6 Å². The van der Waals surface area contributed by atoms with Crippen molar-refractivity contribution in [1.82, 2.24) is 9.97 Å². The second-order valence-electron chi connectivity index (χ2n) is 3.10. The summed E-state index contributed by atoms with van der Waals surface area (Å²) in [5.41, 5.74) is 9.72. The van der Waals surface area contributed by atoms with Crippen molar-refractivity contribution in [2.75, 3.05) is 11.2 Å². The van der Waals surface area contributed by atoms with Crippen LogP contribution in [0.15, 0.2) is 34.8 Å². The zero-order valence-electron chi connectivity index (χ0n) is 8.31. The number of rotatable bonds is 2. The summed E-state index contributed by atoms with van der Waals surface area (Å²) in [6.45, 7) is 0. The lowest BCUT2D eigenvalue weighted by atomic mass is 10.1. The van der Waals surface area contributed by atoms with Gasteiger partial charge in [-0.15, -0.1) is 0 Å². The first kappa shape index (κ1) is 10.8. The Kier molecular flexibility index (Phi) is 3.02. The van der Waals surface area contributed by atoms with Gasteiger partial charge in [-0.1, -0.05) is 30.3 Å². The number of hydrogen-bond donors (Lipinski definition) is 3. The Bertz CT molecular complexity index is 500. The molecule has 0 fully saturated rings. The van der Waals surface area contributed by atoms with Crippen molar-refractivity contribution in [3.8, 4) is 11.3 Å². The van der Waals surface area contributed by atoms with E-state index in [-0.39, 0.29) is 5.95 Å². The molecule has 0 atom stereocenters. The summed E-state index contributed by atoms with van der Waals surface area (Å²) in [6, 6.07) is 9.66. The van der Waals surface area contributed by atoms with Gasteiger partial charge in [-0.05, 0) is 15.9 Å². The molecule has 5 nitrogen and oxygen atoms in total. The predicted molar refractivity (Wildman–Crippen MR) is 67.4 cm³/mol. The van der Waals surface area contributed by atoms with Crippen molar-refractivity contribution in [3.05, 3.63) is 34.8 Å². The van der Waals surface area contributed by atoms with Crippen molar-refractivity contribution in [3.63, 3.8) is 0 Å². The fourth-order valence-corrected chi connectivity index (χ4v) is 1.87. The largest absolute Gasteiger partial charge is 0.368 e. The molecule has 0 radical (unpaired) electrons. The third kappa shape index (κ3) is 1.98. The molecule has 82 valence electrons. The fraction of sp³-hybridized carbons (Fsp3) is 0. The Hall–Kier alpha value is -1.66. The molecule has 0 aliphatic carbocycles. The molecule has 0 saturated carbocycles. The number of benzene rings is 1. The van der Waals surface area contributed by atoms with E-state index >= 15 is 0 Å². The maximum Gasteiger partial charge on any atom is 0.222 e. The van der Waals surface area contributed by atoms with Crippen LogP contribution in [-0.4, -0.2) is 9.97 Å². The lowest BCUT2D eigenvalue weighted by Gasteiger charge is -2.08. The van der Waals surface area contributed by atoms with Crippen LogP contribution in [0.3, 0.4) is 0 Å². The highest BCUT2D eigenvalue weighted by Crippen LogP contribution is 2.31. The van der Waals surface area contributed by atoms with Crippen molar-refractivity contribution < 1.29 is 0 Å². The van der Waals surface area contributed by atoms with Gasteiger partial charge >= 0.3 is 0 Å². The number of nitrogens with one attached hydrogen (secondary N) is 1. The molecule has 5 N–H and O–H groups in total. The minimum Gasteiger partial charge on any atom is -0.368 e. The number of nitrogen functional groups attached to an aromatic ring is 2. The number of aromatic nitrogens is 2. The Morgan fingerprint density at radius 2 is 1.81 bits per heavy atom. The molecule has 1 heterocycles. The first-order valence-corrected chi connectivity index (χ1v) is 5.36. The molecule has 0 aliphatic rings. The summed E-state index contributed by atoms with van der Waals surface area (Å²) in [7, 11) is 0. The third-order valence-corrected chi connectivity index (χ3v) is 2.80. The summed E-state index contributed by atoms with van der Waals surface area (Å²) in [6.07, 6.45) is 0. The minimum atomic E-state index is 0.176. The Labute approximate surface area is 101 Å². The maximum atomic E-state index is 5.60. The zero-order chi connectivity index (χ0) is 11.5. The molecule has 0 aliphatic heterocycles. The normalized spacial score (nSPS) is 10.1. The van der Waals surface area contributed by atoms with Crippen LogP contribution >= 0.6 is 15.9 Å². The van der Waals surface area contributed by atoms with Crippen LogP contribution in [0.5, 0.6) is 0 Å². The summed E-state index contributed by atoms with van der Waals surface area (Å²) in [5.74, 6) is 5.98. The van der Waals surface area contributed by atoms with Crippen LogP contribution < -0.4 is 17.0 Å². The summed E-state index contributed by atoms with van der Waals surface area (Å²) in [5, 5.41) is 0. The van der Waals surface area contributed by atoms with Crippen molar-refractivity contribution >= 4 is 27.7 Å². The van der Waals surface area contributed by atoms with Crippen molar-refractivity contribution in [1.29, 1.82) is 0 Å². The van der Waals surface area contributed by atoms with Gasteiger partial charge in [-0.3, -0.25) is 0 Å². The first-order valence-electron chi connectivity index (χ1n) is 4.57. The summed E-state index contributed by atoms with van der Waals surface area (Å²) >= 11 is 3.39. The fourth-order valence-electron chi connectivity index (χ4n) is 1.35. The monoisotopic (exact) mass is 279 g/mol. The molecule has 0 spiro atoms. The molecule has 0 saturated heterocycles. The van der Waals surface area contributed by atoms with E-state index in [1.807, 2.05) is 30.3 Å². The highest BCUT2D eigenvalue weighted by Gasteiger charge is 2.11. The van der Waals surface area contributed by atoms with E-state index in [1.54, 1.807) is 0 Å². The minimum absolute atomic E-state index is 0.176. The van der Waals surface area contributed by atoms with Crippen molar-refractivity contribution in [2.24, 2.45) is 5.84 Å². The highest BCUT2D eigenvalue weighted by atomic mass is 79.9. The molecule has 16 heavy (non-hydrogen) atoms. The lowest BCUT2D eigenvalue weighted by molar-refractivity contribution is 1.14. The Morgan fingerprint density at radius 3 is 2.44 bits per heavy atom. The number of nitrogens with zero attached hydrogens (tertiary/aromatic N) is 2. The van der Waals surface area contributed by atoms with Gasteiger partial charge < -0.3 is 11.2 Å². The van der Waals surface area contributed by atoms with Crippen LogP contribution in [0.25, 0.3) is 11.3 Å². The van der Waals surface area contributed by atoms with Crippen LogP contribution in [-0.2, 0) is 0 Å². The molecular formula is C10H10BrN5. The standard InChI is InChI=1S/C10H10BrN5/c11-7-8(6-4-2-1-3-5-6)14-10(12)15-9(7)16-13/h1-5H,13H2,(H3,12,14,15,16). The number of halogens is 1. The SMILES string of the molecule is NNc1nc(N)nc(-c2ccccc2)c1Br. The predicted octanol–water partition coefficient (Wildman–Crippen LogP) is 1.77. The number of hydrazine groups is 1. The van der Waals surface area contributed by atoms with Gasteiger partial charge in [-0.2, -0.15) is 4.98 Å². The molecule has 0 unspecified atom stereocenters. The smallest absolute Gasteiger partial charge is 0.222 e. The topological polar surface area (TPSA) is 89.8 Å². The maximum absolute atomic E-state index is 5.60. The Morgan fingerprint density at radius 1 is 1.12 bits per heavy atom. The second kappa shape index (κ2) is 4.46. The molecule has 2 aromatic rings. The molecule has 0 bridgehead atoms. The molecule has 2 rings (SSSR count). The van der Waals surface area contributed by atoms with E-state index < -0.39 is 0 Å². The second-order valence-corrected chi connectivity index (χ2v) is 3.90. The molecule has 1 aromatic carbocycles. The van der Waals surface area contributed by atoms with Gasteiger partial charge in [0.05, 0.1) is 10.2 Å². The molecule has 0 amide bonds. The van der Waals surface area contributed by atoms with Gasteiger partial charge in [0.2, 0.25) is 5.95 Å². The van der Waals surface area contributed by atoms with Gasteiger partial charge in [0.1, 0.15) is 0 Å². The highest BCUT2D eigenvalue weighted by molar-refractivity contribution is 9.10. The van der Waals surface area contributed by atoms with Crippen LogP contribution in [0, 0.1) is 0 Å². The molecule has 1 aromatic heterocycles. The lowest BCUT2D eigenvalue weighted by Crippen LogP contribution is -2.11. The zero-order valence-corrected chi connectivity index (χ0v) is 9.90. The van der Waals surface area contributed by atoms with Gasteiger partial charge in [-0.25, -0.2) is 10.8 Å². The van der Waals surface area contributed by atoms with E-state index in [2.05, 4.69) is 31.3 Å². The van der Waals surface area contributed by atoms with Gasteiger partial charge in [0.15, 0.2) is 5.82 Å². The number of anilines is 2. The summed E-state index contributed by atoms with van der Waals surface area (Å²) < 4.78 is 0.690. The average molecular weight is 280 g/mol. The van der Waals surface area contributed by atoms with E-state index in [9.17, 15) is 0 Å². The van der Waals surface area contributed by atoms with Crippen molar-refractivity contribution in [2.45, 2.75) is 0 Å². The third-order valence-electron chi connectivity index (χ3n) is 2.05. The van der Waals surface area contributed by atoms with E-state index in [0.717, 1.165) is 5.56 Å². The summed E-state index contributed by atoms with van der Waals surface area (Å²) in [4.78, 5) is 8.14.